The molecule has 1 N–H and O–H groups in total. The molecule has 2 rings (SSSR count). The zero-order chi connectivity index (χ0) is 13.5. The maximum atomic E-state index is 3.78. The van der Waals surface area contributed by atoms with E-state index >= 15 is 0 Å². The highest BCUT2D eigenvalue weighted by atomic mass is 14.9. The molecule has 2 aliphatic carbocycles. The van der Waals surface area contributed by atoms with Gasteiger partial charge in [-0.1, -0.05) is 58.8 Å². The van der Waals surface area contributed by atoms with Crippen molar-refractivity contribution in [2.45, 2.75) is 90.5 Å². The number of rotatable bonds is 9. The number of nitrogens with one attached hydrogen (secondary N) is 1. The monoisotopic (exact) mass is 265 g/mol. The second kappa shape index (κ2) is 8.29. The van der Waals surface area contributed by atoms with Crippen molar-refractivity contribution in [3.05, 3.63) is 0 Å². The summed E-state index contributed by atoms with van der Waals surface area (Å²) in [5.41, 5.74) is 0. The van der Waals surface area contributed by atoms with Gasteiger partial charge in [0.1, 0.15) is 0 Å². The fourth-order valence-corrected chi connectivity index (χ4v) is 3.80. The van der Waals surface area contributed by atoms with Gasteiger partial charge < -0.3 is 5.32 Å². The van der Waals surface area contributed by atoms with Crippen molar-refractivity contribution in [3.8, 4) is 0 Å². The Morgan fingerprint density at radius 2 is 1.68 bits per heavy atom. The number of hydrogen-bond acceptors (Lipinski definition) is 1. The highest BCUT2D eigenvalue weighted by molar-refractivity contribution is 4.85. The molecule has 0 aromatic rings. The summed E-state index contributed by atoms with van der Waals surface area (Å²) in [6.07, 6.45) is 16.1. The molecule has 3 unspecified atom stereocenters. The molecule has 112 valence electrons. The number of hydrogen-bond donors (Lipinski definition) is 1. The summed E-state index contributed by atoms with van der Waals surface area (Å²) >= 11 is 0. The van der Waals surface area contributed by atoms with Crippen LogP contribution in [-0.2, 0) is 0 Å². The first kappa shape index (κ1) is 15.4. The van der Waals surface area contributed by atoms with Gasteiger partial charge >= 0.3 is 0 Å². The summed E-state index contributed by atoms with van der Waals surface area (Å²) < 4.78 is 0. The number of unbranched alkanes of at least 4 members (excludes halogenated alkanes) is 4. The van der Waals surface area contributed by atoms with Gasteiger partial charge in [-0.05, 0) is 50.0 Å². The SMILES string of the molecule is CCCCCCCC1CC(C)CCC1CNC1CC1. The molecule has 19 heavy (non-hydrogen) atoms. The fourth-order valence-electron chi connectivity index (χ4n) is 3.80. The molecular formula is C18H35N. The quantitative estimate of drug-likeness (QED) is 0.568. The van der Waals surface area contributed by atoms with Crippen molar-refractivity contribution < 1.29 is 0 Å². The van der Waals surface area contributed by atoms with Gasteiger partial charge in [0.15, 0.2) is 0 Å². The lowest BCUT2D eigenvalue weighted by Gasteiger charge is -2.35. The summed E-state index contributed by atoms with van der Waals surface area (Å²) in [5, 5.41) is 3.78. The van der Waals surface area contributed by atoms with Crippen molar-refractivity contribution in [1.82, 2.24) is 5.32 Å². The molecule has 2 aliphatic rings. The van der Waals surface area contributed by atoms with E-state index in [0.29, 0.717) is 0 Å². The lowest BCUT2D eigenvalue weighted by molar-refractivity contribution is 0.171. The van der Waals surface area contributed by atoms with E-state index < -0.39 is 0 Å². The lowest BCUT2D eigenvalue weighted by Crippen LogP contribution is -2.33. The smallest absolute Gasteiger partial charge is 0.00683 e. The van der Waals surface area contributed by atoms with E-state index in [1.165, 1.54) is 77.2 Å². The van der Waals surface area contributed by atoms with Gasteiger partial charge in [0.2, 0.25) is 0 Å². The molecule has 1 heteroatoms. The molecule has 0 amide bonds. The molecule has 0 heterocycles. The minimum atomic E-state index is 0.893. The predicted octanol–water partition coefficient (Wildman–Crippen LogP) is 5.15. The van der Waals surface area contributed by atoms with Crippen molar-refractivity contribution >= 4 is 0 Å². The Balaban J connectivity index is 1.65. The average molecular weight is 265 g/mol. The summed E-state index contributed by atoms with van der Waals surface area (Å²) in [4.78, 5) is 0. The molecule has 0 aromatic heterocycles. The van der Waals surface area contributed by atoms with Crippen molar-refractivity contribution in [1.29, 1.82) is 0 Å². The molecule has 3 atom stereocenters. The van der Waals surface area contributed by atoms with E-state index in [9.17, 15) is 0 Å². The van der Waals surface area contributed by atoms with Crippen molar-refractivity contribution in [3.63, 3.8) is 0 Å². The van der Waals surface area contributed by atoms with Gasteiger partial charge in [0, 0.05) is 6.04 Å². The Kier molecular flexibility index (Phi) is 6.70. The summed E-state index contributed by atoms with van der Waals surface area (Å²) in [7, 11) is 0. The Bertz CT molecular complexity index is 234. The topological polar surface area (TPSA) is 12.0 Å². The van der Waals surface area contributed by atoms with E-state index in [2.05, 4.69) is 19.2 Å². The van der Waals surface area contributed by atoms with Gasteiger partial charge in [-0.25, -0.2) is 0 Å². The Hall–Kier alpha value is -0.0400. The van der Waals surface area contributed by atoms with Crippen molar-refractivity contribution in [2.24, 2.45) is 17.8 Å². The third-order valence-electron chi connectivity index (χ3n) is 5.33. The van der Waals surface area contributed by atoms with Crippen LogP contribution in [0.4, 0.5) is 0 Å². The molecule has 0 bridgehead atoms. The third-order valence-corrected chi connectivity index (χ3v) is 5.33. The van der Waals surface area contributed by atoms with Crippen LogP contribution in [-0.4, -0.2) is 12.6 Å². The fraction of sp³-hybridized carbons (Fsp3) is 1.00. The van der Waals surface area contributed by atoms with Gasteiger partial charge in [-0.2, -0.15) is 0 Å². The molecule has 0 saturated heterocycles. The molecule has 2 fully saturated rings. The lowest BCUT2D eigenvalue weighted by atomic mass is 9.72. The van der Waals surface area contributed by atoms with E-state index in [1.807, 2.05) is 0 Å². The van der Waals surface area contributed by atoms with Crippen molar-refractivity contribution in [2.75, 3.05) is 6.54 Å². The highest BCUT2D eigenvalue weighted by Crippen LogP contribution is 2.37. The minimum Gasteiger partial charge on any atom is -0.314 e. The van der Waals surface area contributed by atoms with E-state index in [0.717, 1.165) is 23.8 Å². The zero-order valence-corrected chi connectivity index (χ0v) is 13.3. The Labute approximate surface area is 120 Å². The van der Waals surface area contributed by atoms with E-state index in [4.69, 9.17) is 0 Å². The van der Waals surface area contributed by atoms with Crippen LogP contribution in [0.2, 0.25) is 0 Å². The molecule has 0 aliphatic heterocycles. The predicted molar refractivity (Wildman–Crippen MR) is 84.4 cm³/mol. The maximum absolute atomic E-state index is 3.78. The first-order valence-corrected chi connectivity index (χ1v) is 9.03. The summed E-state index contributed by atoms with van der Waals surface area (Å²) in [6.45, 7) is 6.09. The van der Waals surface area contributed by atoms with Crippen LogP contribution in [0, 0.1) is 17.8 Å². The van der Waals surface area contributed by atoms with E-state index in [-0.39, 0.29) is 0 Å². The molecule has 2 saturated carbocycles. The third kappa shape index (κ3) is 5.85. The first-order valence-electron chi connectivity index (χ1n) is 9.03. The van der Waals surface area contributed by atoms with Gasteiger partial charge in [-0.15, -0.1) is 0 Å². The van der Waals surface area contributed by atoms with Crippen LogP contribution in [0.3, 0.4) is 0 Å². The molecule has 0 aromatic carbocycles. The van der Waals surface area contributed by atoms with Gasteiger partial charge in [-0.3, -0.25) is 0 Å². The van der Waals surface area contributed by atoms with Crippen LogP contribution in [0.5, 0.6) is 0 Å². The molecule has 0 radical (unpaired) electrons. The van der Waals surface area contributed by atoms with Gasteiger partial charge in [0.05, 0.1) is 0 Å². The first-order chi connectivity index (χ1) is 9.29. The molecular weight excluding hydrogens is 230 g/mol. The standard InChI is InChI=1S/C18H35N/c1-3-4-5-6-7-8-16-13-15(2)9-10-17(16)14-19-18-11-12-18/h15-19H,3-14H2,1-2H3. The molecule has 1 nitrogen and oxygen atoms in total. The van der Waals surface area contributed by atoms with Crippen LogP contribution in [0.15, 0.2) is 0 Å². The van der Waals surface area contributed by atoms with Crippen LogP contribution < -0.4 is 5.32 Å². The highest BCUT2D eigenvalue weighted by Gasteiger charge is 2.29. The van der Waals surface area contributed by atoms with Crippen LogP contribution in [0.25, 0.3) is 0 Å². The largest absolute Gasteiger partial charge is 0.314 e. The summed E-state index contributed by atoms with van der Waals surface area (Å²) in [6, 6.07) is 0.893. The van der Waals surface area contributed by atoms with Crippen LogP contribution >= 0.6 is 0 Å². The Morgan fingerprint density at radius 3 is 2.42 bits per heavy atom. The maximum Gasteiger partial charge on any atom is 0.00683 e. The zero-order valence-electron chi connectivity index (χ0n) is 13.3. The van der Waals surface area contributed by atoms with Gasteiger partial charge in [0.25, 0.3) is 0 Å². The second-order valence-electron chi connectivity index (χ2n) is 7.32. The Morgan fingerprint density at radius 1 is 0.895 bits per heavy atom. The molecule has 0 spiro atoms. The normalized spacial score (nSPS) is 31.6. The van der Waals surface area contributed by atoms with Crippen LogP contribution in [0.1, 0.15) is 84.5 Å². The average Bonchev–Trinajstić information content (AvgIpc) is 3.21. The van der Waals surface area contributed by atoms with E-state index in [1.54, 1.807) is 0 Å². The minimum absolute atomic E-state index is 0.893. The second-order valence-corrected chi connectivity index (χ2v) is 7.32. The summed E-state index contributed by atoms with van der Waals surface area (Å²) in [5.74, 6) is 3.00.